The van der Waals surface area contributed by atoms with Crippen LogP contribution in [0.4, 0.5) is 10.1 Å². The topological polar surface area (TPSA) is 83.7 Å². The van der Waals surface area contributed by atoms with Crippen molar-refractivity contribution in [2.45, 2.75) is 77.3 Å². The van der Waals surface area contributed by atoms with E-state index in [0.29, 0.717) is 35.6 Å². The van der Waals surface area contributed by atoms with Gasteiger partial charge in [0, 0.05) is 41.2 Å². The van der Waals surface area contributed by atoms with Crippen molar-refractivity contribution in [3.8, 4) is 11.5 Å². The smallest absolute Gasteiger partial charge is 0.250 e. The van der Waals surface area contributed by atoms with Gasteiger partial charge >= 0.3 is 0 Å². The number of aromatic amines is 1. The molecule has 2 fully saturated rings. The number of amides is 2. The van der Waals surface area contributed by atoms with Crippen LogP contribution in [0.5, 0.6) is 11.5 Å². The molecule has 242 valence electrons. The zero-order valence-electron chi connectivity index (χ0n) is 27.4. The van der Waals surface area contributed by atoms with Crippen LogP contribution in [-0.2, 0) is 16.1 Å². The van der Waals surface area contributed by atoms with Crippen LogP contribution in [0.2, 0.25) is 0 Å². The summed E-state index contributed by atoms with van der Waals surface area (Å²) in [6.07, 6.45) is 3.82. The number of H-pyrrole nitrogens is 1. The minimum Gasteiger partial charge on any atom is -0.497 e. The summed E-state index contributed by atoms with van der Waals surface area (Å²) in [6, 6.07) is 20.1. The summed E-state index contributed by atoms with van der Waals surface area (Å²) in [5, 5.41) is 4.28. The highest BCUT2D eigenvalue weighted by Crippen LogP contribution is 2.67. The highest BCUT2D eigenvalue weighted by atomic mass is 19.1. The minimum absolute atomic E-state index is 0.0165. The Bertz CT molecular complexity index is 1760. The number of fused-ring (bicyclic) bond motifs is 1. The van der Waals surface area contributed by atoms with E-state index in [9.17, 15) is 9.59 Å². The molecule has 6 rings (SSSR count). The number of nitrogens with zero attached hydrogens (tertiary/aromatic N) is 1. The molecule has 2 amide bonds. The second-order valence-corrected chi connectivity index (χ2v) is 13.5. The number of aryl methyl sites for hydroxylation is 1. The van der Waals surface area contributed by atoms with E-state index >= 15 is 4.39 Å². The Kier molecular flexibility index (Phi) is 8.57. The Morgan fingerprint density at radius 1 is 0.978 bits per heavy atom. The highest BCUT2D eigenvalue weighted by molar-refractivity contribution is 6.01. The van der Waals surface area contributed by atoms with Crippen molar-refractivity contribution in [1.29, 1.82) is 0 Å². The number of rotatable bonds is 10. The third-order valence-corrected chi connectivity index (χ3v) is 10.6. The summed E-state index contributed by atoms with van der Waals surface area (Å²) in [5.74, 6) is 0.531. The molecule has 0 bridgehead atoms. The number of ether oxygens (including phenoxy) is 2. The molecule has 2 N–H and O–H groups in total. The van der Waals surface area contributed by atoms with E-state index in [0.717, 1.165) is 30.5 Å². The summed E-state index contributed by atoms with van der Waals surface area (Å²) >= 11 is 0. The van der Waals surface area contributed by atoms with Gasteiger partial charge in [0.05, 0.1) is 19.9 Å². The molecule has 3 aromatic carbocycles. The number of anilines is 1. The molecule has 46 heavy (non-hydrogen) atoms. The molecule has 4 aromatic rings. The number of para-hydroxylation sites is 1. The number of aromatic nitrogens is 1. The second kappa shape index (κ2) is 12.5. The molecule has 2 atom stereocenters. The van der Waals surface area contributed by atoms with Gasteiger partial charge in [0.1, 0.15) is 22.9 Å². The number of benzene rings is 3. The molecule has 8 heteroatoms. The van der Waals surface area contributed by atoms with Crippen molar-refractivity contribution in [2.24, 2.45) is 11.3 Å². The third kappa shape index (κ3) is 5.63. The van der Waals surface area contributed by atoms with Crippen LogP contribution in [-0.4, -0.2) is 41.5 Å². The molecular weight excluding hydrogens is 581 g/mol. The lowest BCUT2D eigenvalue weighted by Crippen LogP contribution is -2.59. The molecule has 0 unspecified atom stereocenters. The molecule has 0 saturated heterocycles. The Labute approximate surface area is 270 Å². The molecule has 1 heterocycles. The maximum Gasteiger partial charge on any atom is 0.250 e. The summed E-state index contributed by atoms with van der Waals surface area (Å²) in [6.45, 7) is 6.55. The van der Waals surface area contributed by atoms with Gasteiger partial charge in [-0.25, -0.2) is 4.39 Å². The maximum absolute atomic E-state index is 15.2. The lowest BCUT2D eigenvalue weighted by Gasteiger charge is -2.45. The molecule has 0 spiro atoms. The maximum atomic E-state index is 15.2. The van der Waals surface area contributed by atoms with Crippen LogP contribution >= 0.6 is 0 Å². The standard InChI is InChI=1S/C38H44FN3O4/c1-24-34(27-14-8-10-16-30(27)40-24)35-28(37(35,2)3)22-33(43)42(23-25-13-7-9-15-29(25)39)38(19-11-6-12-20-38)36(44)41-31-18-17-26(45-4)21-32(31)46-5/h7-10,13-18,21,28,35,40H,6,11-12,19-20,22-23H2,1-5H3,(H,41,44)/t28-,35-/m0/s1. The van der Waals surface area contributed by atoms with Gasteiger partial charge in [-0.1, -0.05) is 69.5 Å². The summed E-state index contributed by atoms with van der Waals surface area (Å²) in [7, 11) is 3.11. The first-order chi connectivity index (χ1) is 22.1. The number of hydrogen-bond acceptors (Lipinski definition) is 4. The van der Waals surface area contributed by atoms with Crippen molar-refractivity contribution < 1.29 is 23.5 Å². The van der Waals surface area contributed by atoms with E-state index in [1.807, 2.05) is 12.1 Å². The first kappa shape index (κ1) is 31.6. The van der Waals surface area contributed by atoms with Gasteiger partial charge in [0.15, 0.2) is 0 Å². The monoisotopic (exact) mass is 625 g/mol. The summed E-state index contributed by atoms with van der Waals surface area (Å²) in [5.41, 5.74) is 3.10. The molecular formula is C38H44FN3O4. The van der Waals surface area contributed by atoms with Crippen LogP contribution in [0.1, 0.15) is 75.1 Å². The molecule has 0 aliphatic heterocycles. The quantitative estimate of drug-likeness (QED) is 0.186. The van der Waals surface area contributed by atoms with E-state index in [1.165, 1.54) is 24.1 Å². The summed E-state index contributed by atoms with van der Waals surface area (Å²) < 4.78 is 26.1. The zero-order chi connectivity index (χ0) is 32.6. The second-order valence-electron chi connectivity index (χ2n) is 13.5. The van der Waals surface area contributed by atoms with Crippen molar-refractivity contribution in [2.75, 3.05) is 19.5 Å². The number of carbonyl (C=O) groups excluding carboxylic acids is 2. The normalized spacial score (nSPS) is 19.8. The van der Waals surface area contributed by atoms with Crippen molar-refractivity contribution in [3.63, 3.8) is 0 Å². The van der Waals surface area contributed by atoms with Crippen LogP contribution in [0.15, 0.2) is 66.7 Å². The van der Waals surface area contributed by atoms with Crippen LogP contribution in [0.25, 0.3) is 10.9 Å². The van der Waals surface area contributed by atoms with E-state index in [-0.39, 0.29) is 47.8 Å². The van der Waals surface area contributed by atoms with Gasteiger partial charge < -0.3 is 24.7 Å². The first-order valence-electron chi connectivity index (χ1n) is 16.2. The fourth-order valence-electron chi connectivity index (χ4n) is 7.87. The molecule has 2 saturated carbocycles. The van der Waals surface area contributed by atoms with Gasteiger partial charge in [-0.05, 0) is 66.8 Å². The third-order valence-electron chi connectivity index (χ3n) is 10.6. The lowest BCUT2D eigenvalue weighted by atomic mass is 9.78. The Morgan fingerprint density at radius 2 is 1.70 bits per heavy atom. The van der Waals surface area contributed by atoms with E-state index in [1.54, 1.807) is 48.4 Å². The zero-order valence-corrected chi connectivity index (χ0v) is 27.4. The van der Waals surface area contributed by atoms with Crippen molar-refractivity contribution in [3.05, 3.63) is 89.4 Å². The largest absolute Gasteiger partial charge is 0.497 e. The lowest BCUT2D eigenvalue weighted by molar-refractivity contribution is -0.149. The Morgan fingerprint density at radius 3 is 2.41 bits per heavy atom. The summed E-state index contributed by atoms with van der Waals surface area (Å²) in [4.78, 5) is 34.4. The molecule has 0 radical (unpaired) electrons. The van der Waals surface area contributed by atoms with E-state index < -0.39 is 5.54 Å². The molecule has 2 aliphatic carbocycles. The minimum atomic E-state index is -1.15. The highest BCUT2D eigenvalue weighted by Gasteiger charge is 2.60. The molecule has 7 nitrogen and oxygen atoms in total. The van der Waals surface area contributed by atoms with Crippen LogP contribution < -0.4 is 14.8 Å². The molecule has 2 aliphatic rings. The fourth-order valence-corrected chi connectivity index (χ4v) is 7.87. The average molecular weight is 626 g/mol. The van der Waals surface area contributed by atoms with Gasteiger partial charge in [-0.15, -0.1) is 0 Å². The average Bonchev–Trinajstić information content (AvgIpc) is 3.40. The Hall–Kier alpha value is -4.33. The fraction of sp³-hybridized carbons (Fsp3) is 0.421. The molecule has 1 aromatic heterocycles. The number of nitrogens with one attached hydrogen (secondary N) is 2. The van der Waals surface area contributed by atoms with E-state index in [2.05, 4.69) is 43.2 Å². The number of carbonyl (C=O) groups is 2. The van der Waals surface area contributed by atoms with Crippen molar-refractivity contribution >= 4 is 28.4 Å². The van der Waals surface area contributed by atoms with Crippen LogP contribution in [0, 0.1) is 24.1 Å². The van der Waals surface area contributed by atoms with Crippen LogP contribution in [0.3, 0.4) is 0 Å². The number of methoxy groups -OCH3 is 2. The SMILES string of the molecule is COc1ccc(NC(=O)C2(N(Cc3ccccc3F)C(=O)C[C@H]3[C@@H](c4c(C)[nH]c5ccccc45)C3(C)C)CCCCC2)c(OC)c1. The predicted octanol–water partition coefficient (Wildman–Crippen LogP) is 8.13. The Balaban J connectivity index is 1.36. The number of hydrogen-bond donors (Lipinski definition) is 2. The van der Waals surface area contributed by atoms with Gasteiger partial charge in [0.25, 0.3) is 0 Å². The van der Waals surface area contributed by atoms with Gasteiger partial charge in [0.2, 0.25) is 11.8 Å². The van der Waals surface area contributed by atoms with Gasteiger partial charge in [-0.2, -0.15) is 0 Å². The van der Waals surface area contributed by atoms with E-state index in [4.69, 9.17) is 9.47 Å². The van der Waals surface area contributed by atoms with Gasteiger partial charge in [-0.3, -0.25) is 9.59 Å². The number of halogens is 1. The van der Waals surface area contributed by atoms with Crippen molar-refractivity contribution in [1.82, 2.24) is 9.88 Å². The first-order valence-corrected chi connectivity index (χ1v) is 16.2. The predicted molar refractivity (Wildman–Crippen MR) is 179 cm³/mol.